The number of hydrogen-bond donors (Lipinski definition) is 3. The summed E-state index contributed by atoms with van der Waals surface area (Å²) in [7, 11) is 0. The maximum Gasteiger partial charge on any atom is 0.220 e. The molecule has 0 spiro atoms. The molecule has 1 saturated heterocycles. The summed E-state index contributed by atoms with van der Waals surface area (Å²) in [6.07, 6.45) is 6.63. The van der Waals surface area contributed by atoms with Gasteiger partial charge in [-0.3, -0.25) is 0 Å². The van der Waals surface area contributed by atoms with Crippen molar-refractivity contribution in [1.82, 2.24) is 25.3 Å². The Bertz CT molecular complexity index is 857. The molecule has 7 heteroatoms. The Balaban J connectivity index is 1.78. The first kappa shape index (κ1) is 14.9. The van der Waals surface area contributed by atoms with Crippen molar-refractivity contribution in [2.24, 2.45) is 0 Å². The lowest BCUT2D eigenvalue weighted by Gasteiger charge is -2.20. The minimum absolute atomic E-state index is 0.278. The number of fused-ring (bicyclic) bond motifs is 1. The number of H-pyrrole nitrogens is 1. The molecule has 4 rings (SSSR count). The van der Waals surface area contributed by atoms with Crippen LogP contribution in [0, 0.1) is 0 Å². The van der Waals surface area contributed by atoms with Crippen molar-refractivity contribution >= 4 is 22.7 Å². The van der Waals surface area contributed by atoms with E-state index in [1.807, 2.05) is 18.5 Å². The number of pyridine rings is 1. The fraction of sp³-hybridized carbons (Fsp3) is 0.353. The van der Waals surface area contributed by atoms with E-state index >= 15 is 0 Å². The van der Waals surface area contributed by atoms with E-state index in [4.69, 9.17) is 5.73 Å². The van der Waals surface area contributed by atoms with Gasteiger partial charge in [-0.2, -0.15) is 0 Å². The normalized spacial score (nSPS) is 17.7. The fourth-order valence-corrected chi connectivity index (χ4v) is 3.46. The van der Waals surface area contributed by atoms with Crippen molar-refractivity contribution in [3.05, 3.63) is 30.7 Å². The van der Waals surface area contributed by atoms with E-state index in [1.54, 1.807) is 6.20 Å². The molecule has 4 heterocycles. The SMILES string of the molecule is CCNC1CCN(c2ccnc3[nH]cc(-c4ccnc(N)n4)c23)C1. The topological polar surface area (TPSA) is 95.8 Å². The van der Waals surface area contributed by atoms with Gasteiger partial charge in [0.15, 0.2) is 0 Å². The number of anilines is 2. The molecule has 1 atom stereocenters. The Morgan fingerprint density at radius 3 is 3.04 bits per heavy atom. The summed E-state index contributed by atoms with van der Waals surface area (Å²) in [5.41, 5.74) is 9.63. The summed E-state index contributed by atoms with van der Waals surface area (Å²) in [6.45, 7) is 5.19. The number of hydrogen-bond acceptors (Lipinski definition) is 6. The largest absolute Gasteiger partial charge is 0.369 e. The van der Waals surface area contributed by atoms with E-state index in [9.17, 15) is 0 Å². The number of nitrogen functional groups attached to an aromatic ring is 1. The smallest absolute Gasteiger partial charge is 0.220 e. The van der Waals surface area contributed by atoms with Gasteiger partial charge in [-0.25, -0.2) is 15.0 Å². The second-order valence-electron chi connectivity index (χ2n) is 6.05. The van der Waals surface area contributed by atoms with Crippen molar-refractivity contribution in [2.45, 2.75) is 19.4 Å². The molecule has 1 fully saturated rings. The molecular formula is C17H21N7. The zero-order valence-corrected chi connectivity index (χ0v) is 13.7. The van der Waals surface area contributed by atoms with Crippen molar-refractivity contribution in [1.29, 1.82) is 0 Å². The lowest BCUT2D eigenvalue weighted by molar-refractivity contribution is 0.572. The van der Waals surface area contributed by atoms with Gasteiger partial charge in [0, 0.05) is 43.3 Å². The van der Waals surface area contributed by atoms with E-state index in [-0.39, 0.29) is 5.95 Å². The molecule has 24 heavy (non-hydrogen) atoms. The van der Waals surface area contributed by atoms with Gasteiger partial charge >= 0.3 is 0 Å². The fourth-order valence-electron chi connectivity index (χ4n) is 3.46. The first-order valence-corrected chi connectivity index (χ1v) is 8.29. The number of rotatable bonds is 4. The standard InChI is InChI=1S/C17H21N7/c1-2-19-11-5-8-24(10-11)14-4-7-20-16-15(14)12(9-22-16)13-3-6-21-17(18)23-13/h3-4,6-7,9,11,19H,2,5,8,10H2,1H3,(H,20,22)(H2,18,21,23). The lowest BCUT2D eigenvalue weighted by atomic mass is 10.1. The van der Waals surface area contributed by atoms with E-state index < -0.39 is 0 Å². The molecule has 3 aromatic rings. The predicted molar refractivity (Wildman–Crippen MR) is 95.8 cm³/mol. The number of nitrogens with zero attached hydrogens (tertiary/aromatic N) is 4. The van der Waals surface area contributed by atoms with Crippen molar-refractivity contribution in [3.63, 3.8) is 0 Å². The zero-order valence-electron chi connectivity index (χ0n) is 13.7. The van der Waals surface area contributed by atoms with Gasteiger partial charge in [-0.15, -0.1) is 0 Å². The molecule has 124 valence electrons. The molecule has 0 aliphatic carbocycles. The first-order chi connectivity index (χ1) is 11.8. The van der Waals surface area contributed by atoms with Gasteiger partial charge in [-0.05, 0) is 25.1 Å². The number of likely N-dealkylation sites (N-methyl/N-ethyl adjacent to an activating group) is 1. The molecule has 1 aliphatic rings. The van der Waals surface area contributed by atoms with Crippen LogP contribution in [-0.4, -0.2) is 45.6 Å². The minimum atomic E-state index is 0.278. The Hall–Kier alpha value is -2.67. The summed E-state index contributed by atoms with van der Waals surface area (Å²) >= 11 is 0. The molecule has 0 radical (unpaired) electrons. The van der Waals surface area contributed by atoms with Crippen LogP contribution >= 0.6 is 0 Å². The van der Waals surface area contributed by atoms with Gasteiger partial charge in [0.1, 0.15) is 5.65 Å². The summed E-state index contributed by atoms with van der Waals surface area (Å²) in [6, 6.07) is 4.50. The van der Waals surface area contributed by atoms with E-state index in [0.29, 0.717) is 6.04 Å². The van der Waals surface area contributed by atoms with Crippen LogP contribution < -0.4 is 16.0 Å². The lowest BCUT2D eigenvalue weighted by Crippen LogP contribution is -2.32. The van der Waals surface area contributed by atoms with E-state index in [2.05, 4.69) is 43.1 Å². The van der Waals surface area contributed by atoms with Gasteiger partial charge in [0.25, 0.3) is 0 Å². The van der Waals surface area contributed by atoms with Gasteiger partial charge in [0.05, 0.1) is 16.8 Å². The quantitative estimate of drug-likeness (QED) is 0.677. The van der Waals surface area contributed by atoms with Gasteiger partial charge in [-0.1, -0.05) is 6.92 Å². The Morgan fingerprint density at radius 1 is 1.33 bits per heavy atom. The summed E-state index contributed by atoms with van der Waals surface area (Å²) < 4.78 is 0. The number of aromatic nitrogens is 4. The molecule has 7 nitrogen and oxygen atoms in total. The van der Waals surface area contributed by atoms with Crippen LogP contribution in [0.5, 0.6) is 0 Å². The monoisotopic (exact) mass is 323 g/mol. The average molecular weight is 323 g/mol. The molecular weight excluding hydrogens is 302 g/mol. The Morgan fingerprint density at radius 2 is 2.21 bits per heavy atom. The van der Waals surface area contributed by atoms with Crippen molar-refractivity contribution < 1.29 is 0 Å². The third-order valence-electron chi connectivity index (χ3n) is 4.52. The number of nitrogens with two attached hydrogens (primary N) is 1. The molecule has 1 unspecified atom stereocenters. The molecule has 0 bridgehead atoms. The maximum absolute atomic E-state index is 5.75. The average Bonchev–Trinajstić information content (AvgIpc) is 3.22. The minimum Gasteiger partial charge on any atom is -0.369 e. The maximum atomic E-state index is 5.75. The zero-order chi connectivity index (χ0) is 16.5. The van der Waals surface area contributed by atoms with Crippen LogP contribution in [0.4, 0.5) is 11.6 Å². The highest BCUT2D eigenvalue weighted by atomic mass is 15.2. The van der Waals surface area contributed by atoms with Crippen LogP contribution in [0.3, 0.4) is 0 Å². The van der Waals surface area contributed by atoms with Crippen LogP contribution in [0.2, 0.25) is 0 Å². The third kappa shape index (κ3) is 2.56. The van der Waals surface area contributed by atoms with Gasteiger partial charge in [0.2, 0.25) is 5.95 Å². The van der Waals surface area contributed by atoms with Crippen LogP contribution in [0.1, 0.15) is 13.3 Å². The van der Waals surface area contributed by atoms with E-state index in [0.717, 1.165) is 48.3 Å². The third-order valence-corrected chi connectivity index (χ3v) is 4.52. The second kappa shape index (κ2) is 6.09. The molecule has 4 N–H and O–H groups in total. The predicted octanol–water partition coefficient (Wildman–Crippen LogP) is 1.79. The van der Waals surface area contributed by atoms with Crippen molar-refractivity contribution in [2.75, 3.05) is 30.3 Å². The van der Waals surface area contributed by atoms with Crippen molar-refractivity contribution in [3.8, 4) is 11.3 Å². The summed E-state index contributed by atoms with van der Waals surface area (Å²) in [5.74, 6) is 0.278. The number of aromatic amines is 1. The first-order valence-electron chi connectivity index (χ1n) is 8.29. The Kier molecular flexibility index (Phi) is 3.78. The highest BCUT2D eigenvalue weighted by molar-refractivity contribution is 6.02. The van der Waals surface area contributed by atoms with Crippen LogP contribution in [0.25, 0.3) is 22.3 Å². The summed E-state index contributed by atoms with van der Waals surface area (Å²) in [4.78, 5) is 18.5. The van der Waals surface area contributed by atoms with Gasteiger partial charge < -0.3 is 20.9 Å². The number of nitrogens with one attached hydrogen (secondary N) is 2. The molecule has 0 saturated carbocycles. The highest BCUT2D eigenvalue weighted by Gasteiger charge is 2.24. The Labute approximate surface area is 140 Å². The molecule has 1 aliphatic heterocycles. The highest BCUT2D eigenvalue weighted by Crippen LogP contribution is 2.35. The van der Waals surface area contributed by atoms with E-state index in [1.165, 1.54) is 5.69 Å². The van der Waals surface area contributed by atoms with Crippen LogP contribution in [0.15, 0.2) is 30.7 Å². The second-order valence-corrected chi connectivity index (χ2v) is 6.05. The van der Waals surface area contributed by atoms with Crippen LogP contribution in [-0.2, 0) is 0 Å². The molecule has 0 aromatic carbocycles. The summed E-state index contributed by atoms with van der Waals surface area (Å²) in [5, 5.41) is 4.63. The molecule has 3 aromatic heterocycles. The molecule has 0 amide bonds.